The number of hydrogen-bond donors (Lipinski definition) is 2. The average Bonchev–Trinajstić information content (AvgIpc) is 3.51. The number of aryl methyl sites for hydroxylation is 1. The molecule has 1 amide bonds. The van der Waals surface area contributed by atoms with Crippen LogP contribution in [0.1, 0.15) is 18.4 Å². The zero-order chi connectivity index (χ0) is 19.7. The Hall–Kier alpha value is -3.54. The molecule has 0 spiro atoms. The fourth-order valence-electron chi connectivity index (χ4n) is 3.11. The minimum absolute atomic E-state index is 0.00544. The molecule has 28 heavy (non-hydrogen) atoms. The van der Waals surface area contributed by atoms with Gasteiger partial charge in [-0.2, -0.15) is 0 Å². The summed E-state index contributed by atoms with van der Waals surface area (Å²) in [6.45, 7) is 2.02. The van der Waals surface area contributed by atoms with Gasteiger partial charge in [-0.15, -0.1) is 0 Å². The standard InChI is InChI=1S/C22H20N4O2/c1-13-6-7-24-11-17(13)15-8-16-10-21(25-12-18(16)19(23)9-15)26-22(28)5-4-20(27)14-2-3-14/h4-12,14H,2-3,23H2,1H3,(H,25,26,28)/b5-4-. The van der Waals surface area contributed by atoms with Gasteiger partial charge in [0.1, 0.15) is 5.82 Å². The summed E-state index contributed by atoms with van der Waals surface area (Å²) in [6, 6.07) is 7.62. The number of anilines is 2. The fraction of sp³-hybridized carbons (Fsp3) is 0.182. The van der Waals surface area contributed by atoms with Crippen molar-refractivity contribution in [2.75, 3.05) is 11.1 Å². The number of ketones is 1. The Morgan fingerprint density at radius 1 is 1.18 bits per heavy atom. The Morgan fingerprint density at radius 3 is 2.75 bits per heavy atom. The van der Waals surface area contributed by atoms with Crippen molar-refractivity contribution in [3.05, 3.63) is 60.6 Å². The number of amides is 1. The molecule has 2 aromatic heterocycles. The van der Waals surface area contributed by atoms with Crippen molar-refractivity contribution in [1.82, 2.24) is 9.97 Å². The smallest absolute Gasteiger partial charge is 0.249 e. The molecule has 0 atom stereocenters. The lowest BCUT2D eigenvalue weighted by molar-refractivity contribution is -0.116. The molecular weight excluding hydrogens is 352 g/mol. The van der Waals surface area contributed by atoms with Gasteiger partial charge in [-0.05, 0) is 66.6 Å². The van der Waals surface area contributed by atoms with E-state index < -0.39 is 0 Å². The van der Waals surface area contributed by atoms with Crippen LogP contribution in [0, 0.1) is 12.8 Å². The monoisotopic (exact) mass is 372 g/mol. The van der Waals surface area contributed by atoms with Gasteiger partial charge in [0.25, 0.3) is 0 Å². The van der Waals surface area contributed by atoms with Crippen LogP contribution in [0.2, 0.25) is 0 Å². The van der Waals surface area contributed by atoms with Crippen LogP contribution in [0.3, 0.4) is 0 Å². The molecule has 3 N–H and O–H groups in total. The molecule has 1 saturated carbocycles. The molecule has 0 bridgehead atoms. The summed E-state index contributed by atoms with van der Waals surface area (Å²) < 4.78 is 0. The van der Waals surface area contributed by atoms with E-state index in [-0.39, 0.29) is 17.6 Å². The molecule has 0 aliphatic heterocycles. The van der Waals surface area contributed by atoms with Gasteiger partial charge in [0.2, 0.25) is 5.91 Å². The molecule has 3 aromatic rings. The first-order valence-electron chi connectivity index (χ1n) is 9.14. The SMILES string of the molecule is Cc1ccncc1-c1cc(N)c2cnc(NC(=O)/C=C\C(=O)C3CC3)cc2c1. The van der Waals surface area contributed by atoms with Crippen molar-refractivity contribution in [3.8, 4) is 11.1 Å². The summed E-state index contributed by atoms with van der Waals surface area (Å²) in [5.41, 5.74) is 9.87. The summed E-state index contributed by atoms with van der Waals surface area (Å²) in [4.78, 5) is 32.2. The van der Waals surface area contributed by atoms with Gasteiger partial charge in [0, 0.05) is 47.2 Å². The molecular formula is C22H20N4O2. The number of nitrogen functional groups attached to an aromatic ring is 1. The molecule has 6 nitrogen and oxygen atoms in total. The van der Waals surface area contributed by atoms with Gasteiger partial charge in [-0.3, -0.25) is 14.6 Å². The van der Waals surface area contributed by atoms with E-state index in [0.717, 1.165) is 40.3 Å². The number of allylic oxidation sites excluding steroid dienone is 1. The van der Waals surface area contributed by atoms with Crippen molar-refractivity contribution < 1.29 is 9.59 Å². The van der Waals surface area contributed by atoms with Crippen molar-refractivity contribution in [2.45, 2.75) is 19.8 Å². The number of nitrogens with one attached hydrogen (secondary N) is 1. The number of fused-ring (bicyclic) bond motifs is 1. The first-order chi connectivity index (χ1) is 13.5. The summed E-state index contributed by atoms with van der Waals surface area (Å²) >= 11 is 0. The fourth-order valence-corrected chi connectivity index (χ4v) is 3.11. The quantitative estimate of drug-likeness (QED) is 0.526. The van der Waals surface area contributed by atoms with E-state index >= 15 is 0 Å². The summed E-state index contributed by atoms with van der Waals surface area (Å²) in [5.74, 6) is 0.125. The van der Waals surface area contributed by atoms with Gasteiger partial charge < -0.3 is 11.1 Å². The van der Waals surface area contributed by atoms with E-state index in [1.54, 1.807) is 18.5 Å². The van der Waals surface area contributed by atoms with Crippen LogP contribution in [0.25, 0.3) is 21.9 Å². The molecule has 0 unspecified atom stereocenters. The normalized spacial score (nSPS) is 13.8. The molecule has 1 aliphatic rings. The maximum Gasteiger partial charge on any atom is 0.249 e. The van der Waals surface area contributed by atoms with E-state index in [4.69, 9.17) is 5.73 Å². The number of benzene rings is 1. The second-order valence-corrected chi connectivity index (χ2v) is 7.05. The maximum atomic E-state index is 12.1. The second-order valence-electron chi connectivity index (χ2n) is 7.05. The molecule has 1 aliphatic carbocycles. The first kappa shape index (κ1) is 17.9. The van der Waals surface area contributed by atoms with Crippen LogP contribution in [0.15, 0.2) is 55.0 Å². The molecule has 140 valence electrons. The molecule has 4 rings (SSSR count). The van der Waals surface area contributed by atoms with Crippen LogP contribution in [-0.4, -0.2) is 21.7 Å². The molecule has 0 radical (unpaired) electrons. The minimum Gasteiger partial charge on any atom is -0.398 e. The Balaban J connectivity index is 1.61. The zero-order valence-electron chi connectivity index (χ0n) is 15.5. The van der Waals surface area contributed by atoms with E-state index in [1.165, 1.54) is 12.2 Å². The van der Waals surface area contributed by atoms with Gasteiger partial charge in [-0.25, -0.2) is 4.98 Å². The first-order valence-corrected chi connectivity index (χ1v) is 9.14. The summed E-state index contributed by atoms with van der Waals surface area (Å²) in [6.07, 6.45) is 9.63. The predicted molar refractivity (Wildman–Crippen MR) is 110 cm³/mol. The molecule has 1 fully saturated rings. The number of nitrogens with two attached hydrogens (primary N) is 1. The van der Waals surface area contributed by atoms with Crippen molar-refractivity contribution in [2.24, 2.45) is 5.92 Å². The van der Waals surface area contributed by atoms with Crippen molar-refractivity contribution in [1.29, 1.82) is 0 Å². The third-order valence-electron chi connectivity index (χ3n) is 4.85. The Morgan fingerprint density at radius 2 is 2.00 bits per heavy atom. The highest BCUT2D eigenvalue weighted by Crippen LogP contribution is 2.31. The summed E-state index contributed by atoms with van der Waals surface area (Å²) in [7, 11) is 0. The van der Waals surface area contributed by atoms with E-state index in [0.29, 0.717) is 11.5 Å². The predicted octanol–water partition coefficient (Wildman–Crippen LogP) is 3.66. The van der Waals surface area contributed by atoms with Crippen LogP contribution in [0.5, 0.6) is 0 Å². The van der Waals surface area contributed by atoms with Gasteiger partial charge >= 0.3 is 0 Å². The maximum absolute atomic E-state index is 12.1. The minimum atomic E-state index is -0.381. The van der Waals surface area contributed by atoms with Gasteiger partial charge in [0.05, 0.1) is 0 Å². The Labute approximate surface area is 162 Å². The molecule has 1 aromatic carbocycles. The lowest BCUT2D eigenvalue weighted by Gasteiger charge is -2.10. The van der Waals surface area contributed by atoms with E-state index in [9.17, 15) is 9.59 Å². The van der Waals surface area contributed by atoms with Crippen molar-refractivity contribution >= 4 is 34.0 Å². The van der Waals surface area contributed by atoms with Crippen LogP contribution < -0.4 is 11.1 Å². The largest absolute Gasteiger partial charge is 0.398 e. The number of hydrogen-bond acceptors (Lipinski definition) is 5. The molecule has 6 heteroatoms. The topological polar surface area (TPSA) is 98.0 Å². The highest BCUT2D eigenvalue weighted by Gasteiger charge is 2.27. The Bertz CT molecular complexity index is 1120. The van der Waals surface area contributed by atoms with Crippen LogP contribution >= 0.6 is 0 Å². The second kappa shape index (κ2) is 7.23. The third kappa shape index (κ3) is 3.76. The number of pyridine rings is 2. The number of carbonyl (C=O) groups is 2. The third-order valence-corrected chi connectivity index (χ3v) is 4.85. The highest BCUT2D eigenvalue weighted by atomic mass is 16.1. The van der Waals surface area contributed by atoms with Crippen molar-refractivity contribution in [3.63, 3.8) is 0 Å². The van der Waals surface area contributed by atoms with Crippen LogP contribution in [0.4, 0.5) is 11.5 Å². The van der Waals surface area contributed by atoms with E-state index in [2.05, 4.69) is 15.3 Å². The molecule has 2 heterocycles. The lowest BCUT2D eigenvalue weighted by Crippen LogP contribution is -2.10. The Kier molecular flexibility index (Phi) is 4.61. The van der Waals surface area contributed by atoms with Gasteiger partial charge in [-0.1, -0.05) is 0 Å². The number of carbonyl (C=O) groups excluding carboxylic acids is 2. The summed E-state index contributed by atoms with van der Waals surface area (Å²) in [5, 5.41) is 4.37. The number of rotatable bonds is 5. The molecule has 0 saturated heterocycles. The lowest BCUT2D eigenvalue weighted by atomic mass is 9.99. The zero-order valence-corrected chi connectivity index (χ0v) is 15.5. The average molecular weight is 372 g/mol. The van der Waals surface area contributed by atoms with E-state index in [1.807, 2.05) is 31.3 Å². The highest BCUT2D eigenvalue weighted by molar-refractivity contribution is 6.05. The van der Waals surface area contributed by atoms with Gasteiger partial charge in [0.15, 0.2) is 5.78 Å². The van der Waals surface area contributed by atoms with Crippen LogP contribution in [-0.2, 0) is 9.59 Å². The number of aromatic nitrogens is 2. The number of nitrogens with zero attached hydrogens (tertiary/aromatic N) is 2.